The van der Waals surface area contributed by atoms with E-state index in [1.54, 1.807) is 21.9 Å². The van der Waals surface area contributed by atoms with Crippen molar-refractivity contribution in [1.82, 2.24) is 9.80 Å². The first-order valence-corrected chi connectivity index (χ1v) is 27.3. The Kier molecular flexibility index (Phi) is 16.4. The number of nitrogens with two attached hydrogens (primary N) is 1. The van der Waals surface area contributed by atoms with Crippen LogP contribution in [0.25, 0.3) is 0 Å². The molecule has 14 nitrogen and oxygen atoms in total. The Morgan fingerprint density at radius 3 is 1.53 bits per heavy atom. The van der Waals surface area contributed by atoms with Crippen molar-refractivity contribution in [2.24, 2.45) is 0 Å². The zero-order valence-corrected chi connectivity index (χ0v) is 41.6. The van der Waals surface area contributed by atoms with Crippen LogP contribution in [0.4, 0.5) is 16.2 Å². The van der Waals surface area contributed by atoms with Crippen molar-refractivity contribution in [2.45, 2.75) is 136 Å². The molecule has 2 unspecified atom stereocenters. The number of methoxy groups -OCH3 is 2. The molecule has 2 aliphatic heterocycles. The third-order valence-corrected chi connectivity index (χ3v) is 21.6. The van der Waals surface area contributed by atoms with Gasteiger partial charge in [0, 0.05) is 30.2 Å². The fourth-order valence-corrected chi connectivity index (χ4v) is 8.87. The molecule has 4 rings (SSSR count). The molecule has 0 aromatic heterocycles. The van der Waals surface area contributed by atoms with E-state index in [1.165, 1.54) is 26.4 Å². The summed E-state index contributed by atoms with van der Waals surface area (Å²) < 4.78 is 36.4. The minimum Gasteiger partial charge on any atom is -0.493 e. The average Bonchev–Trinajstić information content (AvgIpc) is 3.75. The van der Waals surface area contributed by atoms with E-state index in [9.17, 15) is 19.5 Å². The van der Waals surface area contributed by atoms with Gasteiger partial charge in [-0.1, -0.05) is 52.7 Å². The summed E-state index contributed by atoms with van der Waals surface area (Å²) in [6.45, 7) is 27.4. The molecule has 344 valence electrons. The second-order valence-electron chi connectivity index (χ2n) is 19.6. The number of nitrogens with zero attached hydrogens (tertiary/aromatic N) is 2. The first-order chi connectivity index (χ1) is 28.8. The highest BCUT2D eigenvalue weighted by molar-refractivity contribution is 6.74. The summed E-state index contributed by atoms with van der Waals surface area (Å²) in [6, 6.07) is 5.94. The van der Waals surface area contributed by atoms with Gasteiger partial charge in [-0.2, -0.15) is 0 Å². The van der Waals surface area contributed by atoms with E-state index in [2.05, 4.69) is 73.0 Å². The summed E-state index contributed by atoms with van der Waals surface area (Å²) in [4.78, 5) is 43.2. The van der Waals surface area contributed by atoms with Gasteiger partial charge in [0.2, 0.25) is 0 Å². The average molecular weight is 897 g/mol. The first-order valence-electron chi connectivity index (χ1n) is 21.5. The monoisotopic (exact) mass is 896 g/mol. The van der Waals surface area contributed by atoms with Gasteiger partial charge in [0.05, 0.1) is 69.5 Å². The molecule has 3 amide bonds. The lowest BCUT2D eigenvalue weighted by Crippen LogP contribution is -2.45. The smallest absolute Gasteiger partial charge is 0.409 e. The van der Waals surface area contributed by atoms with Gasteiger partial charge in [-0.25, -0.2) is 4.79 Å². The molecule has 0 spiro atoms. The second-order valence-corrected chi connectivity index (χ2v) is 29.2. The summed E-state index contributed by atoms with van der Waals surface area (Å²) in [5, 5.41) is 12.2. The normalized spacial score (nSPS) is 17.1. The number of anilines is 2. The highest BCUT2D eigenvalue weighted by Crippen LogP contribution is 2.41. The van der Waals surface area contributed by atoms with Crippen LogP contribution in [0.2, 0.25) is 36.3 Å². The molecule has 4 N–H and O–H groups in total. The number of carbonyl (C=O) groups excluding carboxylic acids is 2. The van der Waals surface area contributed by atoms with Crippen LogP contribution < -0.4 is 30.0 Å². The summed E-state index contributed by atoms with van der Waals surface area (Å²) in [5.74, 6) is 0.875. The molecule has 0 saturated carbocycles. The summed E-state index contributed by atoms with van der Waals surface area (Å²) in [6.07, 6.45) is 5.85. The van der Waals surface area contributed by atoms with Crippen molar-refractivity contribution in [3.05, 3.63) is 58.9 Å². The SMILES string of the molecule is COc1cc(C(=O)N2C=C(C)CC2CO[Si](C)(C)C(C)(C)C)c(N)cc1OCCCCCOc1cc(NC(=O)O)c(C(=O)N2C=C(C)CC2CO[Si](C)(C)C(C)(C)C)cc1OC. The minimum atomic E-state index is -2.08. The van der Waals surface area contributed by atoms with E-state index in [4.69, 9.17) is 33.5 Å². The van der Waals surface area contributed by atoms with Crippen LogP contribution in [0.3, 0.4) is 0 Å². The molecule has 16 heteroatoms. The number of ether oxygens (including phenoxy) is 4. The van der Waals surface area contributed by atoms with Crippen molar-refractivity contribution in [2.75, 3.05) is 51.7 Å². The Bertz CT molecular complexity index is 2000. The molecule has 0 fully saturated rings. The van der Waals surface area contributed by atoms with Gasteiger partial charge in [0.15, 0.2) is 39.6 Å². The van der Waals surface area contributed by atoms with Gasteiger partial charge in [0.25, 0.3) is 11.8 Å². The number of amides is 3. The second kappa shape index (κ2) is 20.3. The summed E-state index contributed by atoms with van der Waals surface area (Å²) in [5.41, 5.74) is 9.47. The number of nitrogen functional groups attached to an aromatic ring is 1. The van der Waals surface area contributed by atoms with Crippen LogP contribution in [-0.2, 0) is 8.85 Å². The molecule has 2 aromatic rings. The van der Waals surface area contributed by atoms with E-state index in [1.807, 2.05) is 26.2 Å². The van der Waals surface area contributed by atoms with Crippen LogP contribution in [0.1, 0.15) is 108 Å². The molecule has 2 atom stereocenters. The van der Waals surface area contributed by atoms with Gasteiger partial charge < -0.3 is 48.4 Å². The number of carbonyl (C=O) groups is 3. The van der Waals surface area contributed by atoms with E-state index in [0.29, 0.717) is 79.9 Å². The van der Waals surface area contributed by atoms with Crippen molar-refractivity contribution in [3.8, 4) is 23.0 Å². The van der Waals surface area contributed by atoms with Gasteiger partial charge in [-0.15, -0.1) is 0 Å². The van der Waals surface area contributed by atoms with Crippen molar-refractivity contribution in [3.63, 3.8) is 0 Å². The number of hydrogen-bond acceptors (Lipinski definition) is 10. The van der Waals surface area contributed by atoms with Crippen LogP contribution in [0, 0.1) is 0 Å². The molecule has 0 radical (unpaired) electrons. The maximum absolute atomic E-state index is 14.1. The van der Waals surface area contributed by atoms with E-state index < -0.39 is 22.7 Å². The molecule has 0 aliphatic carbocycles. The Hall–Kier alpha value is -4.52. The lowest BCUT2D eigenvalue weighted by molar-refractivity contribution is 0.0731. The zero-order valence-electron chi connectivity index (χ0n) is 39.6. The number of hydrogen-bond donors (Lipinski definition) is 3. The molecule has 0 saturated heterocycles. The van der Waals surface area contributed by atoms with Crippen LogP contribution in [-0.4, -0.2) is 102 Å². The third-order valence-electron chi connectivity index (χ3n) is 12.6. The number of rotatable bonds is 19. The third kappa shape index (κ3) is 12.3. The Morgan fingerprint density at radius 1 is 0.694 bits per heavy atom. The van der Waals surface area contributed by atoms with Crippen molar-refractivity contribution < 1.29 is 47.3 Å². The Balaban J connectivity index is 1.35. The molecule has 0 bridgehead atoms. The number of nitrogens with one attached hydrogen (secondary N) is 1. The zero-order chi connectivity index (χ0) is 46.4. The van der Waals surface area contributed by atoms with Gasteiger partial charge >= 0.3 is 6.09 Å². The fourth-order valence-electron chi connectivity index (χ4n) is 6.78. The van der Waals surface area contributed by atoms with E-state index in [0.717, 1.165) is 24.0 Å². The topological polar surface area (TPSA) is 171 Å². The number of carboxylic acid groups (broad SMARTS) is 1. The highest BCUT2D eigenvalue weighted by Gasteiger charge is 2.41. The van der Waals surface area contributed by atoms with E-state index >= 15 is 0 Å². The molecule has 2 aromatic carbocycles. The van der Waals surface area contributed by atoms with Crippen molar-refractivity contribution >= 4 is 45.9 Å². The fraction of sp³-hybridized carbons (Fsp3) is 0.587. The van der Waals surface area contributed by atoms with Gasteiger partial charge in [0.1, 0.15) is 0 Å². The molecule has 62 heavy (non-hydrogen) atoms. The molecular formula is C46H72N4O10Si2. The van der Waals surface area contributed by atoms with E-state index in [-0.39, 0.29) is 45.2 Å². The maximum Gasteiger partial charge on any atom is 0.409 e. The molecular weight excluding hydrogens is 825 g/mol. The van der Waals surface area contributed by atoms with Crippen LogP contribution in [0.5, 0.6) is 23.0 Å². The van der Waals surface area contributed by atoms with Crippen molar-refractivity contribution in [1.29, 1.82) is 0 Å². The van der Waals surface area contributed by atoms with Gasteiger partial charge in [-0.05, 0) is 94.3 Å². The number of benzene rings is 2. The maximum atomic E-state index is 14.1. The lowest BCUT2D eigenvalue weighted by atomic mass is 10.1. The standard InChI is InChI=1S/C46H72N4O10Si2/c1-30-20-32(28-59-61(11,12)45(3,4)5)49(26-30)42(51)34-22-38(55-9)40(24-36(34)47)57-18-16-15-17-19-58-41-25-37(48-44(53)54)35(23-39(41)56-10)43(52)50-27-31(2)21-33(50)29-60-62(13,14)46(6,7)8/h22-27,32-33,48H,15-21,28-29,47H2,1-14H3,(H,53,54). The number of unbranched alkanes of at least 4 members (excludes halogenated alkanes) is 2. The molecule has 2 aliphatic rings. The molecule has 2 heterocycles. The first kappa shape index (κ1) is 50.1. The van der Waals surface area contributed by atoms with Crippen LogP contribution >= 0.6 is 0 Å². The predicted octanol–water partition coefficient (Wildman–Crippen LogP) is 10.3. The van der Waals surface area contributed by atoms with Gasteiger partial charge in [-0.3, -0.25) is 14.9 Å². The quantitative estimate of drug-likeness (QED) is 0.0696. The lowest BCUT2D eigenvalue weighted by Gasteiger charge is -2.38. The predicted molar refractivity (Wildman–Crippen MR) is 250 cm³/mol. The largest absolute Gasteiger partial charge is 0.493 e. The van der Waals surface area contributed by atoms with Crippen LogP contribution in [0.15, 0.2) is 47.8 Å². The summed E-state index contributed by atoms with van der Waals surface area (Å²) >= 11 is 0. The summed E-state index contributed by atoms with van der Waals surface area (Å²) in [7, 11) is -1.09. The highest BCUT2D eigenvalue weighted by atomic mass is 28.4. The minimum absolute atomic E-state index is 0.00978. The Labute approximate surface area is 371 Å². The Morgan fingerprint density at radius 2 is 1.11 bits per heavy atom.